The number of benzene rings is 2. The minimum absolute atomic E-state index is 0. The van der Waals surface area contributed by atoms with Crippen molar-refractivity contribution in [3.8, 4) is 0 Å². The van der Waals surface area contributed by atoms with Gasteiger partial charge >= 0.3 is 0 Å². The van der Waals surface area contributed by atoms with Gasteiger partial charge < -0.3 is 21.3 Å². The van der Waals surface area contributed by atoms with Crippen LogP contribution in [0.3, 0.4) is 0 Å². The number of nitrogens with two attached hydrogens (primary N) is 2. The van der Waals surface area contributed by atoms with Gasteiger partial charge in [-0.25, -0.2) is 0 Å². The third-order valence-corrected chi connectivity index (χ3v) is 6.31. The van der Waals surface area contributed by atoms with Gasteiger partial charge in [0.15, 0.2) is 0 Å². The third kappa shape index (κ3) is 9.55. The molecule has 0 amide bonds. The van der Waals surface area contributed by atoms with Crippen LogP contribution in [-0.2, 0) is 0 Å². The fourth-order valence-electron chi connectivity index (χ4n) is 3.98. The highest BCUT2D eigenvalue weighted by Gasteiger charge is 2.18. The topological polar surface area (TPSA) is 83.2 Å². The number of aliphatic imine (C=N–C) groups is 2. The van der Waals surface area contributed by atoms with Crippen molar-refractivity contribution in [1.82, 2.24) is 0 Å². The molecular formula is C28H44Cl2N6. The molecule has 6 nitrogen and oxygen atoms in total. The summed E-state index contributed by atoms with van der Waals surface area (Å²) in [6.07, 6.45) is 2.12. The maximum Gasteiger partial charge on any atom is 0.125 e. The van der Waals surface area contributed by atoms with Crippen LogP contribution >= 0.6 is 24.8 Å². The normalized spacial score (nSPS) is 14.6. The Hall–Kier alpha value is -2.44. The van der Waals surface area contributed by atoms with E-state index >= 15 is 0 Å². The summed E-state index contributed by atoms with van der Waals surface area (Å²) in [4.78, 5) is 13.9. The molecule has 2 aromatic rings. The van der Waals surface area contributed by atoms with Crippen LogP contribution < -0.4 is 21.3 Å². The molecule has 0 aromatic heterocycles. The molecule has 4 N–H and O–H groups in total. The van der Waals surface area contributed by atoms with Crippen LogP contribution in [0.5, 0.6) is 0 Å². The third-order valence-electron chi connectivity index (χ3n) is 6.31. The lowest BCUT2D eigenvalue weighted by molar-refractivity contribution is 0.597. The predicted octanol–water partition coefficient (Wildman–Crippen LogP) is 5.36. The first-order valence-electron chi connectivity index (χ1n) is 12.6. The number of rotatable bonds is 10. The minimum Gasteiger partial charge on any atom is -0.384 e. The van der Waals surface area contributed by atoms with Gasteiger partial charge in [0.1, 0.15) is 11.7 Å². The number of anilines is 2. The van der Waals surface area contributed by atoms with Gasteiger partial charge in [0.25, 0.3) is 0 Å². The second-order valence-electron chi connectivity index (χ2n) is 9.97. The van der Waals surface area contributed by atoms with Gasteiger partial charge in [-0.3, -0.25) is 9.98 Å². The number of nitrogens with zero attached hydrogens (tertiary/aromatic N) is 4. The van der Waals surface area contributed by atoms with Crippen LogP contribution in [-0.4, -0.2) is 50.9 Å². The van der Waals surface area contributed by atoms with Crippen molar-refractivity contribution in [1.29, 1.82) is 0 Å². The van der Waals surface area contributed by atoms with Gasteiger partial charge in [-0.05, 0) is 73.2 Å². The summed E-state index contributed by atoms with van der Waals surface area (Å²) in [7, 11) is 0. The van der Waals surface area contributed by atoms with Crippen molar-refractivity contribution >= 4 is 47.9 Å². The van der Waals surface area contributed by atoms with E-state index in [1.165, 1.54) is 11.4 Å². The summed E-state index contributed by atoms with van der Waals surface area (Å²) in [6, 6.07) is 17.0. The van der Waals surface area contributed by atoms with Gasteiger partial charge in [0.05, 0.1) is 0 Å². The fourth-order valence-corrected chi connectivity index (χ4v) is 3.98. The Bertz CT molecular complexity index is 868. The van der Waals surface area contributed by atoms with E-state index in [4.69, 9.17) is 11.5 Å². The van der Waals surface area contributed by atoms with Crippen LogP contribution in [0.1, 0.15) is 51.7 Å². The van der Waals surface area contributed by atoms with Crippen molar-refractivity contribution < 1.29 is 0 Å². The first kappa shape index (κ1) is 31.6. The van der Waals surface area contributed by atoms with Crippen LogP contribution in [0.15, 0.2) is 58.5 Å². The van der Waals surface area contributed by atoms with Crippen molar-refractivity contribution in [3.05, 3.63) is 59.7 Å². The molecule has 0 atom stereocenters. The standard InChI is InChI=1S/C28H42N6.2ClH/c1-21(2)13-15-31-27(29)23-5-9-25(10-6-23)33-17-19-34(20-18-33)26-11-7-24(8-12-26)28(30)32-16-14-22(3)4;;/h5-12,21-22H,13-20H2,1-4H3,(H2,29,31)(H2,30,32);2*1H. The number of piperazine rings is 1. The second-order valence-corrected chi connectivity index (χ2v) is 9.97. The van der Waals surface area contributed by atoms with Gasteiger partial charge in [0.2, 0.25) is 0 Å². The number of hydrogen-bond acceptors (Lipinski definition) is 4. The lowest BCUT2D eigenvalue weighted by Crippen LogP contribution is -2.46. The molecule has 0 unspecified atom stereocenters. The van der Waals surface area contributed by atoms with Gasteiger partial charge in [-0.1, -0.05) is 27.7 Å². The largest absolute Gasteiger partial charge is 0.384 e. The van der Waals surface area contributed by atoms with E-state index in [1.54, 1.807) is 0 Å². The van der Waals surface area contributed by atoms with E-state index < -0.39 is 0 Å². The maximum absolute atomic E-state index is 6.17. The number of halogens is 2. The molecule has 1 aliphatic heterocycles. The zero-order valence-electron chi connectivity index (χ0n) is 22.2. The Labute approximate surface area is 230 Å². The van der Waals surface area contributed by atoms with Crippen molar-refractivity contribution in [2.24, 2.45) is 33.3 Å². The van der Waals surface area contributed by atoms with Crippen LogP contribution in [0.2, 0.25) is 0 Å². The summed E-state index contributed by atoms with van der Waals surface area (Å²) >= 11 is 0. The van der Waals surface area contributed by atoms with E-state index in [0.29, 0.717) is 23.5 Å². The average molecular weight is 536 g/mol. The Morgan fingerprint density at radius 2 is 0.944 bits per heavy atom. The molecule has 0 bridgehead atoms. The highest BCUT2D eigenvalue weighted by Crippen LogP contribution is 2.22. The van der Waals surface area contributed by atoms with E-state index in [2.05, 4.69) is 96.0 Å². The molecule has 1 fully saturated rings. The smallest absolute Gasteiger partial charge is 0.125 e. The van der Waals surface area contributed by atoms with Crippen molar-refractivity contribution in [2.45, 2.75) is 40.5 Å². The quantitative estimate of drug-likeness (QED) is 0.317. The molecule has 36 heavy (non-hydrogen) atoms. The van der Waals surface area contributed by atoms with Gasteiger partial charge in [-0.15, -0.1) is 24.8 Å². The molecule has 0 spiro atoms. The van der Waals surface area contributed by atoms with Crippen molar-refractivity contribution in [2.75, 3.05) is 49.1 Å². The fraction of sp³-hybridized carbons (Fsp3) is 0.500. The van der Waals surface area contributed by atoms with Gasteiger partial charge in [0, 0.05) is 61.8 Å². The van der Waals surface area contributed by atoms with Crippen molar-refractivity contribution in [3.63, 3.8) is 0 Å². The predicted molar refractivity (Wildman–Crippen MR) is 162 cm³/mol. The minimum atomic E-state index is 0. The van der Waals surface area contributed by atoms with Crippen LogP contribution in [0, 0.1) is 11.8 Å². The summed E-state index contributed by atoms with van der Waals surface area (Å²) in [5.41, 5.74) is 16.8. The zero-order chi connectivity index (χ0) is 24.5. The molecule has 200 valence electrons. The SMILES string of the molecule is CC(C)CCN=C(N)c1ccc(N2CCN(c3ccc(C(N)=NCCC(C)C)cc3)CC2)cc1.Cl.Cl. The Morgan fingerprint density at radius 3 is 1.22 bits per heavy atom. The first-order chi connectivity index (χ1) is 16.3. The Balaban J connectivity index is 0.00000324. The molecule has 1 aliphatic rings. The summed E-state index contributed by atoms with van der Waals surface area (Å²) in [6.45, 7) is 14.3. The highest BCUT2D eigenvalue weighted by atomic mass is 35.5. The molecule has 1 saturated heterocycles. The van der Waals surface area contributed by atoms with E-state index in [1.807, 2.05) is 0 Å². The Kier molecular flexibility index (Phi) is 13.7. The maximum atomic E-state index is 6.17. The lowest BCUT2D eigenvalue weighted by Gasteiger charge is -2.37. The van der Waals surface area contributed by atoms with Crippen LogP contribution in [0.25, 0.3) is 0 Å². The molecule has 0 saturated carbocycles. The molecule has 1 heterocycles. The lowest BCUT2D eigenvalue weighted by atomic mass is 10.1. The first-order valence-corrected chi connectivity index (χ1v) is 12.6. The summed E-state index contributed by atoms with van der Waals surface area (Å²) in [5, 5.41) is 0. The average Bonchev–Trinajstić information content (AvgIpc) is 2.84. The second kappa shape index (κ2) is 15.6. The van der Waals surface area contributed by atoms with Crippen LogP contribution in [0.4, 0.5) is 11.4 Å². The summed E-state index contributed by atoms with van der Waals surface area (Å²) < 4.78 is 0. The summed E-state index contributed by atoms with van der Waals surface area (Å²) in [5.74, 6) is 2.54. The molecule has 0 aliphatic carbocycles. The Morgan fingerprint density at radius 1 is 0.639 bits per heavy atom. The molecule has 2 aromatic carbocycles. The molecule has 8 heteroatoms. The monoisotopic (exact) mass is 534 g/mol. The molecule has 3 rings (SSSR count). The molecule has 0 radical (unpaired) electrons. The zero-order valence-corrected chi connectivity index (χ0v) is 23.8. The van der Waals surface area contributed by atoms with E-state index in [-0.39, 0.29) is 24.8 Å². The van der Waals surface area contributed by atoms with E-state index in [0.717, 1.165) is 63.2 Å². The van der Waals surface area contributed by atoms with E-state index in [9.17, 15) is 0 Å². The highest BCUT2D eigenvalue weighted by molar-refractivity contribution is 5.98. The number of amidine groups is 2. The number of hydrogen-bond donors (Lipinski definition) is 2. The molecular weight excluding hydrogens is 491 g/mol. The van der Waals surface area contributed by atoms with Gasteiger partial charge in [-0.2, -0.15) is 0 Å².